The molecule has 2 aliphatic rings. The van der Waals surface area contributed by atoms with E-state index < -0.39 is 15.7 Å². The first-order valence-electron chi connectivity index (χ1n) is 9.84. The average molecular weight is 403 g/mol. The fourth-order valence-electron chi connectivity index (χ4n) is 4.04. The number of sulfonamides is 1. The highest BCUT2D eigenvalue weighted by molar-refractivity contribution is 7.89. The summed E-state index contributed by atoms with van der Waals surface area (Å²) in [4.78, 5) is 11.5. The van der Waals surface area contributed by atoms with E-state index in [4.69, 9.17) is 4.74 Å². The lowest BCUT2D eigenvalue weighted by Crippen LogP contribution is -2.55. The number of aryl methyl sites for hydroxylation is 1. The van der Waals surface area contributed by atoms with Gasteiger partial charge in [0.15, 0.2) is 0 Å². The molecule has 0 radical (unpaired) electrons. The van der Waals surface area contributed by atoms with E-state index in [1.165, 1.54) is 0 Å². The van der Waals surface area contributed by atoms with Crippen molar-refractivity contribution in [2.75, 3.05) is 31.1 Å². The summed E-state index contributed by atoms with van der Waals surface area (Å²) in [5.74, 6) is 0.719. The van der Waals surface area contributed by atoms with Crippen LogP contribution in [0.15, 0.2) is 47.5 Å². The summed E-state index contributed by atoms with van der Waals surface area (Å²) in [5.41, 5.74) is 0.268. The number of ether oxygens (including phenoxy) is 1. The number of hydrogen-bond donors (Lipinski definition) is 0. The van der Waals surface area contributed by atoms with Crippen LogP contribution >= 0.6 is 0 Å². The molecule has 1 aromatic heterocycles. The van der Waals surface area contributed by atoms with E-state index in [1.54, 1.807) is 34.8 Å². The van der Waals surface area contributed by atoms with Crippen LogP contribution in [0.3, 0.4) is 0 Å². The molecule has 2 fully saturated rings. The van der Waals surface area contributed by atoms with Gasteiger partial charge in [-0.1, -0.05) is 31.5 Å². The Morgan fingerprint density at radius 2 is 1.86 bits per heavy atom. The number of piperidine rings is 1. The minimum Gasteiger partial charge on any atom is -0.358 e. The van der Waals surface area contributed by atoms with Crippen LogP contribution < -0.4 is 4.90 Å². The molecule has 2 aromatic rings. The van der Waals surface area contributed by atoms with Crippen LogP contribution in [0.5, 0.6) is 0 Å². The van der Waals surface area contributed by atoms with Gasteiger partial charge >= 0.3 is 0 Å². The van der Waals surface area contributed by atoms with Gasteiger partial charge in [-0.2, -0.15) is 4.31 Å². The summed E-state index contributed by atoms with van der Waals surface area (Å²) in [7, 11) is -3.58. The Morgan fingerprint density at radius 1 is 1.11 bits per heavy atom. The number of aromatic nitrogens is 2. The molecule has 0 aliphatic carbocycles. The predicted octanol–water partition coefficient (Wildman–Crippen LogP) is 2.45. The van der Waals surface area contributed by atoms with E-state index in [1.807, 2.05) is 12.1 Å². The van der Waals surface area contributed by atoms with Gasteiger partial charge in [0.25, 0.3) is 0 Å². The molecule has 0 atom stereocenters. The fraction of sp³-hybridized carbons (Fsp3) is 0.500. The third-order valence-corrected chi connectivity index (χ3v) is 7.45. The fourth-order valence-corrected chi connectivity index (χ4v) is 5.78. The van der Waals surface area contributed by atoms with Crippen molar-refractivity contribution in [1.82, 2.24) is 14.3 Å². The molecule has 0 bridgehead atoms. The van der Waals surface area contributed by atoms with Crippen molar-refractivity contribution in [3.05, 3.63) is 48.3 Å². The number of rotatable bonds is 5. The molecular formula is C20H26N4O3S. The average Bonchev–Trinajstić information content (AvgIpc) is 3.13. The van der Waals surface area contributed by atoms with E-state index in [-0.39, 0.29) is 0 Å². The molecule has 7 nitrogen and oxygen atoms in total. The van der Waals surface area contributed by atoms with Crippen molar-refractivity contribution in [3.63, 3.8) is 0 Å². The zero-order valence-electron chi connectivity index (χ0n) is 16.1. The molecule has 0 unspecified atom stereocenters. The Morgan fingerprint density at radius 3 is 2.57 bits per heavy atom. The maximum atomic E-state index is 13.2. The Labute approximate surface area is 166 Å². The third-order valence-electron chi connectivity index (χ3n) is 5.49. The van der Waals surface area contributed by atoms with E-state index in [0.717, 1.165) is 24.5 Å². The zero-order chi connectivity index (χ0) is 19.6. The summed E-state index contributed by atoms with van der Waals surface area (Å²) in [6.07, 6.45) is 4.97. The van der Waals surface area contributed by atoms with Crippen molar-refractivity contribution in [2.45, 2.75) is 43.2 Å². The van der Waals surface area contributed by atoms with Crippen LogP contribution in [0.2, 0.25) is 0 Å². The van der Waals surface area contributed by atoms with Gasteiger partial charge in [-0.3, -0.25) is 0 Å². The lowest BCUT2D eigenvalue weighted by molar-refractivity contribution is -0.0665. The monoisotopic (exact) mass is 402 g/mol. The van der Waals surface area contributed by atoms with Crippen LogP contribution in [0.25, 0.3) is 0 Å². The Bertz CT molecular complexity index is 912. The zero-order valence-corrected chi connectivity index (χ0v) is 16.9. The number of nitrogens with zero attached hydrogens (tertiary/aromatic N) is 4. The molecule has 0 amide bonds. The first kappa shape index (κ1) is 19.3. The van der Waals surface area contributed by atoms with Gasteiger partial charge in [-0.05, 0) is 24.6 Å². The SMILES string of the molecule is CCCc1ccnc(N2CCC3(CC2)OCCN3S(=O)(=O)c2ccccc2)n1. The molecule has 2 aliphatic heterocycles. The predicted molar refractivity (Wildman–Crippen MR) is 106 cm³/mol. The summed E-state index contributed by atoms with van der Waals surface area (Å²) in [6.45, 7) is 4.27. The van der Waals surface area contributed by atoms with Crippen LogP contribution in [0, 0.1) is 0 Å². The first-order chi connectivity index (χ1) is 13.5. The van der Waals surface area contributed by atoms with E-state index in [2.05, 4.69) is 21.8 Å². The highest BCUT2D eigenvalue weighted by Gasteiger charge is 2.50. The number of benzene rings is 1. The lowest BCUT2D eigenvalue weighted by Gasteiger charge is -2.42. The van der Waals surface area contributed by atoms with Crippen molar-refractivity contribution >= 4 is 16.0 Å². The maximum absolute atomic E-state index is 13.2. The second-order valence-electron chi connectivity index (χ2n) is 7.27. The first-order valence-corrected chi connectivity index (χ1v) is 11.3. The normalized spacial score (nSPS) is 20.0. The second-order valence-corrected chi connectivity index (χ2v) is 9.13. The largest absolute Gasteiger partial charge is 0.358 e. The van der Waals surface area contributed by atoms with Gasteiger partial charge in [-0.25, -0.2) is 18.4 Å². The molecule has 150 valence electrons. The summed E-state index contributed by atoms with van der Waals surface area (Å²) in [6, 6.07) is 10.6. The summed E-state index contributed by atoms with van der Waals surface area (Å²) in [5, 5.41) is 0. The van der Waals surface area contributed by atoms with Crippen LogP contribution in [-0.2, 0) is 21.2 Å². The van der Waals surface area contributed by atoms with Crippen molar-refractivity contribution in [2.24, 2.45) is 0 Å². The number of anilines is 1. The Kier molecular flexibility index (Phi) is 5.35. The quantitative estimate of drug-likeness (QED) is 0.765. The molecule has 28 heavy (non-hydrogen) atoms. The second kappa shape index (κ2) is 7.77. The van der Waals surface area contributed by atoms with Crippen molar-refractivity contribution in [1.29, 1.82) is 0 Å². The molecular weight excluding hydrogens is 376 g/mol. The van der Waals surface area contributed by atoms with Crippen LogP contribution in [0.1, 0.15) is 31.9 Å². The molecule has 1 spiro atoms. The molecule has 8 heteroatoms. The molecule has 1 aromatic carbocycles. The molecule has 0 N–H and O–H groups in total. The van der Waals surface area contributed by atoms with Gasteiger partial charge in [0.2, 0.25) is 16.0 Å². The molecule has 2 saturated heterocycles. The van der Waals surface area contributed by atoms with Crippen molar-refractivity contribution in [3.8, 4) is 0 Å². The molecule has 3 heterocycles. The highest BCUT2D eigenvalue weighted by Crippen LogP contribution is 2.38. The molecule has 0 saturated carbocycles. The van der Waals surface area contributed by atoms with E-state index >= 15 is 0 Å². The van der Waals surface area contributed by atoms with E-state index in [9.17, 15) is 8.42 Å². The Balaban J connectivity index is 1.52. The van der Waals surface area contributed by atoms with Crippen LogP contribution in [-0.4, -0.2) is 54.7 Å². The topological polar surface area (TPSA) is 75.6 Å². The Hall–Kier alpha value is -2.03. The van der Waals surface area contributed by atoms with E-state index in [0.29, 0.717) is 44.0 Å². The molecule has 4 rings (SSSR count). The van der Waals surface area contributed by atoms with Gasteiger partial charge in [0.1, 0.15) is 5.72 Å². The third kappa shape index (κ3) is 3.52. The highest BCUT2D eigenvalue weighted by atomic mass is 32.2. The van der Waals surface area contributed by atoms with Gasteiger partial charge in [0, 0.05) is 44.4 Å². The summed E-state index contributed by atoms with van der Waals surface area (Å²) < 4.78 is 34.0. The van der Waals surface area contributed by atoms with Gasteiger partial charge in [0.05, 0.1) is 11.5 Å². The van der Waals surface area contributed by atoms with Crippen LogP contribution in [0.4, 0.5) is 5.95 Å². The van der Waals surface area contributed by atoms with Gasteiger partial charge in [-0.15, -0.1) is 0 Å². The minimum atomic E-state index is -3.58. The van der Waals surface area contributed by atoms with Gasteiger partial charge < -0.3 is 9.64 Å². The standard InChI is InChI=1S/C20H26N4O3S/c1-2-6-17-9-12-21-19(22-17)23-13-10-20(11-14-23)24(15-16-27-20)28(25,26)18-7-4-3-5-8-18/h3-5,7-9,12H,2,6,10-11,13-16H2,1H3. The maximum Gasteiger partial charge on any atom is 0.245 e. The lowest BCUT2D eigenvalue weighted by atomic mass is 10.0. The smallest absolute Gasteiger partial charge is 0.245 e. The minimum absolute atomic E-state index is 0.318. The number of hydrogen-bond acceptors (Lipinski definition) is 6. The van der Waals surface area contributed by atoms with Crippen molar-refractivity contribution < 1.29 is 13.2 Å². The summed E-state index contributed by atoms with van der Waals surface area (Å²) >= 11 is 0.